The van der Waals surface area contributed by atoms with Crippen LogP contribution in [0.1, 0.15) is 10.4 Å². The molecule has 1 aromatic rings. The lowest BCUT2D eigenvalue weighted by atomic mass is 10.1. The first-order chi connectivity index (χ1) is 9.17. The second kappa shape index (κ2) is 5.81. The SMILES string of the molecule is COC(=O)c1ccccc1N1CC(CN)OCC1=O. The molecule has 6 heteroatoms. The number of methoxy groups -OCH3 is 1. The zero-order chi connectivity index (χ0) is 13.8. The van der Waals surface area contributed by atoms with E-state index in [0.29, 0.717) is 24.3 Å². The van der Waals surface area contributed by atoms with Gasteiger partial charge in [-0.3, -0.25) is 4.79 Å². The average Bonchev–Trinajstić information content (AvgIpc) is 2.47. The van der Waals surface area contributed by atoms with Crippen LogP contribution in [0.2, 0.25) is 0 Å². The van der Waals surface area contributed by atoms with Gasteiger partial charge in [0.25, 0.3) is 5.91 Å². The molecule has 1 unspecified atom stereocenters. The highest BCUT2D eigenvalue weighted by molar-refractivity contribution is 6.03. The lowest BCUT2D eigenvalue weighted by Crippen LogP contribution is -2.49. The molecule has 1 atom stereocenters. The van der Waals surface area contributed by atoms with E-state index in [0.717, 1.165) is 0 Å². The molecule has 1 saturated heterocycles. The fourth-order valence-corrected chi connectivity index (χ4v) is 1.99. The molecule has 1 heterocycles. The van der Waals surface area contributed by atoms with Crippen molar-refractivity contribution in [2.75, 3.05) is 31.7 Å². The van der Waals surface area contributed by atoms with Crippen molar-refractivity contribution in [1.82, 2.24) is 0 Å². The maximum atomic E-state index is 11.9. The number of rotatable bonds is 3. The van der Waals surface area contributed by atoms with Crippen LogP contribution < -0.4 is 10.6 Å². The Morgan fingerprint density at radius 1 is 1.53 bits per heavy atom. The van der Waals surface area contributed by atoms with E-state index in [9.17, 15) is 9.59 Å². The van der Waals surface area contributed by atoms with Gasteiger partial charge in [-0.2, -0.15) is 0 Å². The summed E-state index contributed by atoms with van der Waals surface area (Å²) in [6.45, 7) is 0.630. The second-order valence-electron chi connectivity index (χ2n) is 4.18. The van der Waals surface area contributed by atoms with Crippen LogP contribution >= 0.6 is 0 Å². The molecule has 1 amide bonds. The molecule has 0 saturated carbocycles. The molecule has 6 nitrogen and oxygen atoms in total. The Morgan fingerprint density at radius 3 is 2.95 bits per heavy atom. The number of carbonyl (C=O) groups is 2. The average molecular weight is 264 g/mol. The first-order valence-corrected chi connectivity index (χ1v) is 5.96. The number of morpholine rings is 1. The van der Waals surface area contributed by atoms with Crippen LogP contribution in [0.15, 0.2) is 24.3 Å². The smallest absolute Gasteiger partial charge is 0.339 e. The topological polar surface area (TPSA) is 81.9 Å². The highest BCUT2D eigenvalue weighted by Gasteiger charge is 2.29. The summed E-state index contributed by atoms with van der Waals surface area (Å²) in [5, 5.41) is 0. The number of nitrogens with two attached hydrogens (primary N) is 1. The molecule has 0 aliphatic carbocycles. The number of benzene rings is 1. The van der Waals surface area contributed by atoms with Gasteiger partial charge in [-0.05, 0) is 12.1 Å². The molecule has 2 rings (SSSR count). The van der Waals surface area contributed by atoms with Gasteiger partial charge in [0, 0.05) is 6.54 Å². The zero-order valence-corrected chi connectivity index (χ0v) is 10.7. The lowest BCUT2D eigenvalue weighted by molar-refractivity contribution is -0.128. The summed E-state index contributed by atoms with van der Waals surface area (Å²) in [4.78, 5) is 25.2. The zero-order valence-electron chi connectivity index (χ0n) is 10.7. The number of para-hydroxylation sites is 1. The third-order valence-electron chi connectivity index (χ3n) is 2.99. The summed E-state index contributed by atoms with van der Waals surface area (Å²) >= 11 is 0. The molecule has 0 aromatic heterocycles. The maximum absolute atomic E-state index is 11.9. The van der Waals surface area contributed by atoms with Crippen molar-refractivity contribution in [1.29, 1.82) is 0 Å². The van der Waals surface area contributed by atoms with E-state index in [1.165, 1.54) is 12.0 Å². The first kappa shape index (κ1) is 13.5. The molecule has 0 spiro atoms. The summed E-state index contributed by atoms with van der Waals surface area (Å²) in [6, 6.07) is 6.83. The van der Waals surface area contributed by atoms with Gasteiger partial charge in [0.05, 0.1) is 31.0 Å². The number of hydrogen-bond acceptors (Lipinski definition) is 5. The molecule has 1 fully saturated rings. The van der Waals surface area contributed by atoms with Crippen molar-refractivity contribution >= 4 is 17.6 Å². The minimum atomic E-state index is -0.473. The van der Waals surface area contributed by atoms with Gasteiger partial charge in [0.15, 0.2) is 0 Å². The monoisotopic (exact) mass is 264 g/mol. The van der Waals surface area contributed by atoms with Crippen LogP contribution in [0.3, 0.4) is 0 Å². The van der Waals surface area contributed by atoms with Gasteiger partial charge >= 0.3 is 5.97 Å². The maximum Gasteiger partial charge on any atom is 0.339 e. The molecule has 1 aliphatic rings. The van der Waals surface area contributed by atoms with Gasteiger partial charge in [-0.25, -0.2) is 4.79 Å². The van der Waals surface area contributed by atoms with Crippen molar-refractivity contribution in [3.63, 3.8) is 0 Å². The molecule has 19 heavy (non-hydrogen) atoms. The van der Waals surface area contributed by atoms with Crippen LogP contribution in [-0.4, -0.2) is 44.8 Å². The highest BCUT2D eigenvalue weighted by atomic mass is 16.5. The molecule has 1 aromatic carbocycles. The van der Waals surface area contributed by atoms with Crippen LogP contribution in [0, 0.1) is 0 Å². The minimum absolute atomic E-state index is 0.0304. The van der Waals surface area contributed by atoms with E-state index < -0.39 is 5.97 Å². The van der Waals surface area contributed by atoms with Crippen LogP contribution in [0.4, 0.5) is 5.69 Å². The van der Waals surface area contributed by atoms with E-state index >= 15 is 0 Å². The molecule has 1 aliphatic heterocycles. The van der Waals surface area contributed by atoms with Gasteiger partial charge in [0.2, 0.25) is 0 Å². The Labute approximate surface area is 111 Å². The van der Waals surface area contributed by atoms with Gasteiger partial charge < -0.3 is 20.1 Å². The van der Waals surface area contributed by atoms with Crippen LogP contribution in [0.5, 0.6) is 0 Å². The summed E-state index contributed by atoms with van der Waals surface area (Å²) in [5.74, 6) is -0.666. The Balaban J connectivity index is 2.34. The number of amides is 1. The Morgan fingerprint density at radius 2 is 2.26 bits per heavy atom. The van der Waals surface area contributed by atoms with Gasteiger partial charge in [-0.15, -0.1) is 0 Å². The Hall–Kier alpha value is -1.92. The Kier molecular flexibility index (Phi) is 4.13. The second-order valence-corrected chi connectivity index (χ2v) is 4.18. The number of esters is 1. The van der Waals surface area contributed by atoms with E-state index in [2.05, 4.69) is 0 Å². The predicted octanol–water partition coefficient (Wildman–Crippen LogP) is 0.164. The molecule has 2 N–H and O–H groups in total. The lowest BCUT2D eigenvalue weighted by Gasteiger charge is -2.32. The van der Waals surface area contributed by atoms with Crippen molar-refractivity contribution in [3.05, 3.63) is 29.8 Å². The molecular weight excluding hydrogens is 248 g/mol. The first-order valence-electron chi connectivity index (χ1n) is 5.96. The molecular formula is C13H16N2O4. The summed E-state index contributed by atoms with van der Waals surface area (Å²) in [5.41, 5.74) is 6.44. The summed E-state index contributed by atoms with van der Waals surface area (Å²) in [6.07, 6.45) is -0.219. The standard InChI is InChI=1S/C13H16N2O4/c1-18-13(17)10-4-2-3-5-11(10)15-7-9(6-14)19-8-12(15)16/h2-5,9H,6-8,14H2,1H3. The predicted molar refractivity (Wildman–Crippen MR) is 68.9 cm³/mol. The number of ether oxygens (including phenoxy) is 2. The number of hydrogen-bond donors (Lipinski definition) is 1. The van der Waals surface area contributed by atoms with E-state index in [1.54, 1.807) is 24.3 Å². The summed E-state index contributed by atoms with van der Waals surface area (Å²) in [7, 11) is 1.31. The third-order valence-corrected chi connectivity index (χ3v) is 2.99. The summed E-state index contributed by atoms with van der Waals surface area (Å²) < 4.78 is 10.0. The number of nitrogens with zero attached hydrogens (tertiary/aromatic N) is 1. The largest absolute Gasteiger partial charge is 0.465 e. The minimum Gasteiger partial charge on any atom is -0.465 e. The van der Waals surface area contributed by atoms with Crippen molar-refractivity contribution in [3.8, 4) is 0 Å². The van der Waals surface area contributed by atoms with Crippen LogP contribution in [-0.2, 0) is 14.3 Å². The fourth-order valence-electron chi connectivity index (χ4n) is 1.99. The molecule has 0 bridgehead atoms. The Bertz CT molecular complexity index is 489. The quantitative estimate of drug-likeness (QED) is 0.787. The third kappa shape index (κ3) is 2.74. The van der Waals surface area contributed by atoms with E-state index in [1.807, 2.05) is 0 Å². The number of carbonyl (C=O) groups excluding carboxylic acids is 2. The van der Waals surface area contributed by atoms with Crippen LogP contribution in [0.25, 0.3) is 0 Å². The molecule has 0 radical (unpaired) electrons. The van der Waals surface area contributed by atoms with Gasteiger partial charge in [-0.1, -0.05) is 12.1 Å². The van der Waals surface area contributed by atoms with E-state index in [4.69, 9.17) is 15.2 Å². The fraction of sp³-hybridized carbons (Fsp3) is 0.385. The number of anilines is 1. The van der Waals surface area contributed by atoms with Crippen molar-refractivity contribution in [2.24, 2.45) is 5.73 Å². The normalized spacial score (nSPS) is 19.4. The molecule has 102 valence electrons. The van der Waals surface area contributed by atoms with Crippen molar-refractivity contribution in [2.45, 2.75) is 6.10 Å². The highest BCUT2D eigenvalue weighted by Crippen LogP contribution is 2.23. The van der Waals surface area contributed by atoms with Crippen molar-refractivity contribution < 1.29 is 19.1 Å². The van der Waals surface area contributed by atoms with E-state index in [-0.39, 0.29) is 18.6 Å². The van der Waals surface area contributed by atoms with Gasteiger partial charge in [0.1, 0.15) is 6.61 Å².